The van der Waals surface area contributed by atoms with Gasteiger partial charge in [0.2, 0.25) is 0 Å². The zero-order valence-electron chi connectivity index (χ0n) is 17.0. The Labute approximate surface area is 176 Å². The largest absolute Gasteiger partial charge is 0.416 e. The van der Waals surface area contributed by atoms with E-state index in [-0.39, 0.29) is 31.0 Å². The summed E-state index contributed by atoms with van der Waals surface area (Å²) < 4.78 is 40.8. The maximum atomic E-state index is 13.1. The quantitative estimate of drug-likeness (QED) is 0.474. The molecule has 0 N–H and O–H groups in total. The molecule has 3 rings (SSSR count). The first-order valence-electron chi connectivity index (χ1n) is 8.99. The van der Waals surface area contributed by atoms with Gasteiger partial charge in [-0.25, -0.2) is 0 Å². The number of anilines is 1. The van der Waals surface area contributed by atoms with Gasteiger partial charge in [0.15, 0.2) is 0 Å². The molecule has 9 heteroatoms. The van der Waals surface area contributed by atoms with Crippen LogP contribution < -0.4 is 4.90 Å². The number of aryl methyl sites for hydroxylation is 1. The van der Waals surface area contributed by atoms with Crippen LogP contribution in [0.1, 0.15) is 40.1 Å². The molecule has 29 heavy (non-hydrogen) atoms. The van der Waals surface area contributed by atoms with Gasteiger partial charge < -0.3 is 4.90 Å². The number of carbonyl (C=O) groups is 1. The number of aromatic nitrogens is 2. The van der Waals surface area contributed by atoms with E-state index in [1.165, 1.54) is 24.0 Å². The van der Waals surface area contributed by atoms with Crippen LogP contribution in [-0.2, 0) is 6.18 Å². The molecule has 1 atom stereocenters. The molecule has 1 amide bonds. The molecule has 0 unspecified atom stereocenters. The van der Waals surface area contributed by atoms with Crippen molar-refractivity contribution >= 4 is 33.2 Å². The number of hydrogen-bond donors (Lipinski definition) is 0. The number of carbonyl (C=O) groups excluding carboxylic acids is 1. The van der Waals surface area contributed by atoms with Crippen LogP contribution >= 0.6 is 13.5 Å². The average molecular weight is 440 g/mol. The van der Waals surface area contributed by atoms with Crippen molar-refractivity contribution in [2.24, 2.45) is 0 Å². The predicted molar refractivity (Wildman–Crippen MR) is 115 cm³/mol. The zero-order valence-corrected chi connectivity index (χ0v) is 19.0. The van der Waals surface area contributed by atoms with Crippen molar-refractivity contribution in [3.05, 3.63) is 46.8 Å². The maximum absolute atomic E-state index is 13.1. The summed E-state index contributed by atoms with van der Waals surface area (Å²) in [5.74, 6) is 2.79. The lowest BCUT2D eigenvalue weighted by atomic mass is 10.1. The summed E-state index contributed by atoms with van der Waals surface area (Å²) in [6, 6.07) is 3.67. The normalized spacial score (nSPS) is 16.6. The van der Waals surface area contributed by atoms with Crippen LogP contribution in [0.2, 0.25) is 19.6 Å². The van der Waals surface area contributed by atoms with Gasteiger partial charge in [0.05, 0.1) is 23.4 Å². The molecule has 2 heterocycles. The highest BCUT2D eigenvalue weighted by atomic mass is 32.1. The van der Waals surface area contributed by atoms with Gasteiger partial charge in [-0.2, -0.15) is 31.8 Å². The van der Waals surface area contributed by atoms with Gasteiger partial charge in [0.1, 0.15) is 13.8 Å². The van der Waals surface area contributed by atoms with Gasteiger partial charge in [0, 0.05) is 12.2 Å². The summed E-state index contributed by atoms with van der Waals surface area (Å²) in [6.45, 7) is 9.98. The summed E-state index contributed by atoms with van der Waals surface area (Å²) in [5.41, 5.74) is 4.03. The number of alkyl halides is 3. The molecule has 1 aromatic carbocycles. The molecule has 0 saturated carbocycles. The number of fused-ring (bicyclic) bond motifs is 1. The number of rotatable bonds is 1. The Morgan fingerprint density at radius 1 is 1.24 bits per heavy atom. The van der Waals surface area contributed by atoms with Crippen molar-refractivity contribution in [3.8, 4) is 11.5 Å². The van der Waals surface area contributed by atoms with E-state index in [1.54, 1.807) is 10.9 Å². The monoisotopic (exact) mass is 439 g/mol. The van der Waals surface area contributed by atoms with Crippen LogP contribution in [-0.4, -0.2) is 30.3 Å². The molecule has 1 aliphatic rings. The highest BCUT2D eigenvalue weighted by Crippen LogP contribution is 2.35. The third-order valence-electron chi connectivity index (χ3n) is 4.51. The van der Waals surface area contributed by atoms with Gasteiger partial charge in [-0.05, 0) is 37.6 Å². The van der Waals surface area contributed by atoms with Crippen molar-refractivity contribution < 1.29 is 18.0 Å². The first kappa shape index (κ1) is 23.1. The van der Waals surface area contributed by atoms with E-state index in [0.717, 1.165) is 6.07 Å². The number of nitrogens with zero attached hydrogens (tertiary/aromatic N) is 3. The molecular weight excluding hydrogens is 415 g/mol. The molecule has 0 fully saturated rings. The Kier molecular flexibility index (Phi) is 6.31. The standard InChI is InChI=1S/C20H22F3N3OSi.H2S/c1-13-10-16(6-7-17(13)20(21,22)23)25-12-14(2)26-18(19(25)27)15(11-24-26)8-9-28(3,4)5;/h6-7,10-11,14H,12H2,1-5H3;1H2/t14-;/m0./s1. The number of benzene rings is 1. The minimum atomic E-state index is -4.42. The van der Waals surface area contributed by atoms with E-state index >= 15 is 0 Å². The Hall–Kier alpha value is -2.18. The van der Waals surface area contributed by atoms with E-state index in [0.29, 0.717) is 23.5 Å². The average Bonchev–Trinajstić information content (AvgIpc) is 2.99. The molecule has 1 aliphatic heterocycles. The van der Waals surface area contributed by atoms with Crippen molar-refractivity contribution in [3.63, 3.8) is 0 Å². The number of halogens is 3. The number of amides is 1. The smallest absolute Gasteiger partial charge is 0.305 e. The van der Waals surface area contributed by atoms with Crippen LogP contribution in [0.25, 0.3) is 0 Å². The van der Waals surface area contributed by atoms with Gasteiger partial charge in [0.25, 0.3) is 5.91 Å². The summed E-state index contributed by atoms with van der Waals surface area (Å²) in [7, 11) is -1.64. The van der Waals surface area contributed by atoms with E-state index in [1.807, 2.05) is 6.92 Å². The van der Waals surface area contributed by atoms with Crippen molar-refractivity contribution in [1.82, 2.24) is 9.78 Å². The molecular formula is C20H24F3N3OSSi. The molecule has 2 aromatic rings. The Morgan fingerprint density at radius 3 is 2.45 bits per heavy atom. The van der Waals surface area contributed by atoms with E-state index in [2.05, 4.69) is 36.2 Å². The zero-order chi connectivity index (χ0) is 20.9. The molecule has 0 bridgehead atoms. The van der Waals surface area contributed by atoms with Crippen LogP contribution in [0.5, 0.6) is 0 Å². The lowest BCUT2D eigenvalue weighted by Crippen LogP contribution is -2.43. The van der Waals surface area contributed by atoms with Crippen LogP contribution in [0.4, 0.5) is 18.9 Å². The Morgan fingerprint density at radius 2 is 1.90 bits per heavy atom. The third-order valence-corrected chi connectivity index (χ3v) is 5.38. The first-order chi connectivity index (χ1) is 12.9. The fourth-order valence-corrected chi connectivity index (χ4v) is 3.67. The molecule has 0 aliphatic carbocycles. The molecule has 0 radical (unpaired) electrons. The molecule has 1 aromatic heterocycles. The van der Waals surface area contributed by atoms with Crippen molar-refractivity contribution in [2.45, 2.75) is 45.7 Å². The highest BCUT2D eigenvalue weighted by molar-refractivity contribution is 7.59. The molecule has 156 valence electrons. The minimum Gasteiger partial charge on any atom is -0.305 e. The van der Waals surface area contributed by atoms with Gasteiger partial charge in [-0.15, -0.1) is 5.54 Å². The van der Waals surface area contributed by atoms with Crippen molar-refractivity contribution in [2.75, 3.05) is 11.4 Å². The van der Waals surface area contributed by atoms with Crippen LogP contribution in [0.3, 0.4) is 0 Å². The second-order valence-electron chi connectivity index (χ2n) is 8.11. The summed E-state index contributed by atoms with van der Waals surface area (Å²) >= 11 is 0. The maximum Gasteiger partial charge on any atom is 0.416 e. The topological polar surface area (TPSA) is 38.1 Å². The van der Waals surface area contributed by atoms with Gasteiger partial charge in [-0.3, -0.25) is 9.48 Å². The summed E-state index contributed by atoms with van der Waals surface area (Å²) in [5, 5.41) is 4.31. The summed E-state index contributed by atoms with van der Waals surface area (Å²) in [6.07, 6.45) is -2.82. The van der Waals surface area contributed by atoms with E-state index in [9.17, 15) is 18.0 Å². The molecule has 4 nitrogen and oxygen atoms in total. The van der Waals surface area contributed by atoms with Gasteiger partial charge in [-0.1, -0.05) is 25.6 Å². The number of hydrogen-bond acceptors (Lipinski definition) is 2. The SMILES string of the molecule is Cc1cc(N2C[C@H](C)n3ncc(C#C[Si](C)(C)C)c3C2=O)ccc1C(F)(F)F.S. The first-order valence-corrected chi connectivity index (χ1v) is 12.5. The van der Waals surface area contributed by atoms with Crippen LogP contribution in [0.15, 0.2) is 24.4 Å². The van der Waals surface area contributed by atoms with Crippen molar-refractivity contribution in [1.29, 1.82) is 0 Å². The fraction of sp³-hybridized carbons (Fsp3) is 0.400. The lowest BCUT2D eigenvalue weighted by molar-refractivity contribution is -0.138. The Balaban J connectivity index is 0.00000300. The lowest BCUT2D eigenvalue weighted by Gasteiger charge is -2.32. The molecule has 0 spiro atoms. The third kappa shape index (κ3) is 4.70. The fourth-order valence-electron chi connectivity index (χ4n) is 3.16. The Bertz CT molecular complexity index is 999. The minimum absolute atomic E-state index is 0. The second-order valence-corrected chi connectivity index (χ2v) is 12.9. The second kappa shape index (κ2) is 7.92. The molecule has 0 saturated heterocycles. The van der Waals surface area contributed by atoms with Gasteiger partial charge >= 0.3 is 6.18 Å². The predicted octanol–water partition coefficient (Wildman–Crippen LogP) is 4.77. The summed E-state index contributed by atoms with van der Waals surface area (Å²) in [4.78, 5) is 14.7. The van der Waals surface area contributed by atoms with Crippen LogP contribution in [0, 0.1) is 18.4 Å². The van der Waals surface area contributed by atoms with E-state index in [4.69, 9.17) is 0 Å². The van der Waals surface area contributed by atoms with E-state index < -0.39 is 19.8 Å². The highest BCUT2D eigenvalue weighted by Gasteiger charge is 2.35.